The van der Waals surface area contributed by atoms with Crippen molar-refractivity contribution in [3.63, 3.8) is 0 Å². The fourth-order valence-electron chi connectivity index (χ4n) is 3.65. The van der Waals surface area contributed by atoms with Crippen LogP contribution in [0.3, 0.4) is 0 Å². The van der Waals surface area contributed by atoms with Crippen LogP contribution in [0.25, 0.3) is 0 Å². The summed E-state index contributed by atoms with van der Waals surface area (Å²) in [5.41, 5.74) is 3.39. The molecule has 0 saturated carbocycles. The topological polar surface area (TPSA) is 49.0 Å². The quantitative estimate of drug-likeness (QED) is 0.920. The van der Waals surface area contributed by atoms with Gasteiger partial charge in [0.05, 0.1) is 11.6 Å². The summed E-state index contributed by atoms with van der Waals surface area (Å²) in [5.74, 6) is 1.55. The van der Waals surface area contributed by atoms with E-state index in [0.29, 0.717) is 11.8 Å². The Morgan fingerprint density at radius 3 is 3.09 bits per heavy atom. The van der Waals surface area contributed by atoms with Crippen LogP contribution in [0.1, 0.15) is 41.6 Å². The number of piperidine rings is 1. The number of H-pyrrole nitrogens is 1. The zero-order chi connectivity index (χ0) is 15.8. The molecule has 1 N–H and O–H groups in total. The smallest absolute Gasteiger partial charge is 0.231 e. The molecule has 4 rings (SSSR count). The first-order chi connectivity index (χ1) is 11.2. The summed E-state index contributed by atoms with van der Waals surface area (Å²) in [6, 6.07) is 10.4. The first kappa shape index (κ1) is 14.8. The lowest BCUT2D eigenvalue weighted by molar-refractivity contribution is -0.133. The molecule has 0 aliphatic carbocycles. The van der Waals surface area contributed by atoms with Gasteiger partial charge in [-0.2, -0.15) is 5.10 Å². The molecule has 2 aliphatic heterocycles. The van der Waals surface area contributed by atoms with Crippen molar-refractivity contribution >= 4 is 17.7 Å². The van der Waals surface area contributed by atoms with Gasteiger partial charge in [0.1, 0.15) is 0 Å². The number of thioether (sulfide) groups is 1. The monoisotopic (exact) mass is 327 g/mol. The zero-order valence-corrected chi connectivity index (χ0v) is 14.1. The number of nitrogens with zero attached hydrogens (tertiary/aromatic N) is 2. The van der Waals surface area contributed by atoms with E-state index in [1.54, 1.807) is 11.8 Å². The summed E-state index contributed by atoms with van der Waals surface area (Å²) in [5, 5.41) is 7.42. The molecular formula is C18H21N3OS. The van der Waals surface area contributed by atoms with Crippen LogP contribution in [0.4, 0.5) is 0 Å². The Morgan fingerprint density at radius 2 is 2.26 bits per heavy atom. The largest absolute Gasteiger partial charge is 0.341 e. The van der Waals surface area contributed by atoms with E-state index in [2.05, 4.69) is 39.4 Å². The minimum atomic E-state index is 0.0240. The van der Waals surface area contributed by atoms with Crippen LogP contribution in [0.15, 0.2) is 35.2 Å². The lowest BCUT2D eigenvalue weighted by atomic mass is 9.92. The van der Waals surface area contributed by atoms with Crippen molar-refractivity contribution in [3.8, 4) is 0 Å². The summed E-state index contributed by atoms with van der Waals surface area (Å²) in [6.07, 6.45) is 2.17. The molecule has 5 heteroatoms. The third-order valence-electron chi connectivity index (χ3n) is 4.88. The number of benzene rings is 1. The number of carbonyl (C=O) groups is 1. The number of aromatic amines is 1. The van der Waals surface area contributed by atoms with E-state index in [0.717, 1.165) is 43.1 Å². The van der Waals surface area contributed by atoms with Gasteiger partial charge < -0.3 is 4.90 Å². The Bertz CT molecular complexity index is 727. The maximum atomic E-state index is 13.0. The SMILES string of the molecule is Cc1cc([C@H]2CCCN(C(=O)[C@H]3CSc4ccccc43)C2)n[nH]1. The Balaban J connectivity index is 1.51. The van der Waals surface area contributed by atoms with Crippen LogP contribution in [0.5, 0.6) is 0 Å². The van der Waals surface area contributed by atoms with Crippen molar-refractivity contribution in [2.45, 2.75) is 36.5 Å². The predicted octanol–water partition coefficient (Wildman–Crippen LogP) is 3.31. The number of aryl methyl sites for hydroxylation is 1. The lowest BCUT2D eigenvalue weighted by Crippen LogP contribution is -2.41. The number of fused-ring (bicyclic) bond motifs is 1. The molecule has 120 valence electrons. The molecule has 2 aliphatic rings. The first-order valence-corrected chi connectivity index (χ1v) is 9.23. The number of likely N-dealkylation sites (tertiary alicyclic amines) is 1. The maximum Gasteiger partial charge on any atom is 0.231 e. The highest BCUT2D eigenvalue weighted by Gasteiger charge is 2.34. The molecule has 1 fully saturated rings. The Morgan fingerprint density at radius 1 is 1.39 bits per heavy atom. The average Bonchev–Trinajstić information content (AvgIpc) is 3.20. The van der Waals surface area contributed by atoms with Gasteiger partial charge in [-0.25, -0.2) is 0 Å². The van der Waals surface area contributed by atoms with Gasteiger partial charge in [0.25, 0.3) is 0 Å². The Labute approximate surface area is 140 Å². The van der Waals surface area contributed by atoms with Gasteiger partial charge in [-0.3, -0.25) is 9.89 Å². The summed E-state index contributed by atoms with van der Waals surface area (Å²) >= 11 is 1.80. The molecule has 23 heavy (non-hydrogen) atoms. The van der Waals surface area contributed by atoms with E-state index in [4.69, 9.17) is 0 Å². The van der Waals surface area contributed by atoms with Gasteiger partial charge in [0.2, 0.25) is 5.91 Å². The van der Waals surface area contributed by atoms with E-state index in [1.165, 1.54) is 10.5 Å². The molecule has 1 saturated heterocycles. The fraction of sp³-hybridized carbons (Fsp3) is 0.444. The molecule has 0 bridgehead atoms. The zero-order valence-electron chi connectivity index (χ0n) is 13.3. The number of nitrogens with one attached hydrogen (secondary N) is 1. The summed E-state index contributed by atoms with van der Waals surface area (Å²) in [4.78, 5) is 16.4. The molecule has 1 aromatic carbocycles. The van der Waals surface area contributed by atoms with Crippen LogP contribution in [0.2, 0.25) is 0 Å². The van der Waals surface area contributed by atoms with Crippen molar-refractivity contribution in [1.29, 1.82) is 0 Å². The molecular weight excluding hydrogens is 306 g/mol. The van der Waals surface area contributed by atoms with Crippen molar-refractivity contribution in [2.24, 2.45) is 0 Å². The number of hydrogen-bond acceptors (Lipinski definition) is 3. The van der Waals surface area contributed by atoms with Crippen LogP contribution in [-0.4, -0.2) is 39.8 Å². The van der Waals surface area contributed by atoms with Gasteiger partial charge in [0, 0.05) is 35.3 Å². The van der Waals surface area contributed by atoms with Crippen molar-refractivity contribution < 1.29 is 4.79 Å². The highest BCUT2D eigenvalue weighted by molar-refractivity contribution is 7.99. The van der Waals surface area contributed by atoms with Crippen LogP contribution >= 0.6 is 11.8 Å². The molecule has 3 heterocycles. The molecule has 2 atom stereocenters. The van der Waals surface area contributed by atoms with Gasteiger partial charge in [-0.1, -0.05) is 18.2 Å². The first-order valence-electron chi connectivity index (χ1n) is 8.25. The average molecular weight is 327 g/mol. The Hall–Kier alpha value is -1.75. The van der Waals surface area contributed by atoms with Gasteiger partial charge >= 0.3 is 0 Å². The van der Waals surface area contributed by atoms with E-state index in [1.807, 2.05) is 13.0 Å². The van der Waals surface area contributed by atoms with Crippen molar-refractivity contribution in [1.82, 2.24) is 15.1 Å². The third-order valence-corrected chi connectivity index (χ3v) is 6.06. The normalized spacial score (nSPS) is 23.8. The summed E-state index contributed by atoms with van der Waals surface area (Å²) in [7, 11) is 0. The second-order valence-electron chi connectivity index (χ2n) is 6.50. The molecule has 0 radical (unpaired) electrons. The van der Waals surface area contributed by atoms with E-state index >= 15 is 0 Å². The third kappa shape index (κ3) is 2.78. The molecule has 2 aromatic rings. The number of aromatic nitrogens is 2. The number of hydrogen-bond donors (Lipinski definition) is 1. The maximum absolute atomic E-state index is 13.0. The number of carbonyl (C=O) groups excluding carboxylic acids is 1. The lowest BCUT2D eigenvalue weighted by Gasteiger charge is -2.33. The van der Waals surface area contributed by atoms with Gasteiger partial charge in [-0.15, -0.1) is 11.8 Å². The second-order valence-corrected chi connectivity index (χ2v) is 7.56. The van der Waals surface area contributed by atoms with Crippen molar-refractivity contribution in [3.05, 3.63) is 47.3 Å². The number of rotatable bonds is 2. The Kier molecular flexibility index (Phi) is 3.89. The highest BCUT2D eigenvalue weighted by Crippen LogP contribution is 2.41. The summed E-state index contributed by atoms with van der Waals surface area (Å²) in [6.45, 7) is 3.70. The van der Waals surface area contributed by atoms with Gasteiger partial charge in [0.15, 0.2) is 0 Å². The summed E-state index contributed by atoms with van der Waals surface area (Å²) < 4.78 is 0. The molecule has 1 aromatic heterocycles. The predicted molar refractivity (Wildman–Crippen MR) is 91.8 cm³/mol. The van der Waals surface area contributed by atoms with E-state index in [9.17, 15) is 4.79 Å². The highest BCUT2D eigenvalue weighted by atomic mass is 32.2. The van der Waals surface area contributed by atoms with E-state index < -0.39 is 0 Å². The van der Waals surface area contributed by atoms with Crippen LogP contribution < -0.4 is 0 Å². The standard InChI is InChI=1S/C18H21N3OS/c1-12-9-16(20-19-12)13-5-4-8-21(10-13)18(22)15-11-23-17-7-3-2-6-14(15)17/h2-3,6-7,9,13,15H,4-5,8,10-11H2,1H3,(H,19,20)/t13-,15-/m0/s1. The molecule has 4 nitrogen and oxygen atoms in total. The minimum absolute atomic E-state index is 0.0240. The fourth-order valence-corrected chi connectivity index (χ4v) is 4.87. The molecule has 0 unspecified atom stereocenters. The molecule has 0 spiro atoms. The molecule has 1 amide bonds. The second kappa shape index (κ2) is 6.04. The van der Waals surface area contributed by atoms with Crippen LogP contribution in [-0.2, 0) is 4.79 Å². The van der Waals surface area contributed by atoms with Gasteiger partial charge in [-0.05, 0) is 37.5 Å². The van der Waals surface area contributed by atoms with Crippen molar-refractivity contribution in [2.75, 3.05) is 18.8 Å². The van der Waals surface area contributed by atoms with E-state index in [-0.39, 0.29) is 5.92 Å². The minimum Gasteiger partial charge on any atom is -0.341 e. The number of amides is 1. The van der Waals surface area contributed by atoms with Crippen LogP contribution in [0, 0.1) is 6.92 Å².